The van der Waals surface area contributed by atoms with Crippen LogP contribution in [0, 0.1) is 5.82 Å². The monoisotopic (exact) mass is 578 g/mol. The van der Waals surface area contributed by atoms with Gasteiger partial charge in [-0.1, -0.05) is 35.9 Å². The van der Waals surface area contributed by atoms with E-state index in [0.29, 0.717) is 54.8 Å². The second-order valence-corrected chi connectivity index (χ2v) is 10.4. The van der Waals surface area contributed by atoms with Gasteiger partial charge in [-0.05, 0) is 59.7 Å². The Kier molecular flexibility index (Phi) is 9.28. The molecule has 8 nitrogen and oxygen atoms in total. The summed E-state index contributed by atoms with van der Waals surface area (Å²) >= 11 is 6.13. The van der Waals surface area contributed by atoms with Gasteiger partial charge in [-0.3, -0.25) is 14.5 Å². The molecular formula is C31H32ClFN4O4. The molecule has 0 N–H and O–H groups in total. The number of hydrogen-bond donors (Lipinski definition) is 0. The van der Waals surface area contributed by atoms with Crippen molar-refractivity contribution in [3.05, 3.63) is 100 Å². The number of carbonyl (C=O) groups is 2. The van der Waals surface area contributed by atoms with Crippen LogP contribution < -0.4 is 4.74 Å². The standard InChI is InChI=1S/C31H32ClFN4O4/c1-40-27-12-6-24(7-13-27)31(39)36(15-14-35-16-18-41-19-17-35)21-30(38)37-29(23-2-8-25(32)9-3-23)20-28(34-37)22-4-10-26(33)11-5-22/h2-13,29H,14-21H2,1H3. The smallest absolute Gasteiger partial charge is 0.262 e. The molecule has 0 saturated carbocycles. The highest BCUT2D eigenvalue weighted by Crippen LogP contribution is 2.33. The van der Waals surface area contributed by atoms with Crippen LogP contribution in [-0.2, 0) is 9.53 Å². The summed E-state index contributed by atoms with van der Waals surface area (Å²) in [5.41, 5.74) is 2.73. The largest absolute Gasteiger partial charge is 0.497 e. The van der Waals surface area contributed by atoms with Gasteiger partial charge in [-0.2, -0.15) is 5.10 Å². The summed E-state index contributed by atoms with van der Waals surface area (Å²) in [6, 6.07) is 19.8. The van der Waals surface area contributed by atoms with Crippen molar-refractivity contribution < 1.29 is 23.5 Å². The average Bonchev–Trinajstić information content (AvgIpc) is 3.46. The molecule has 2 aliphatic heterocycles. The number of nitrogens with zero attached hydrogens (tertiary/aromatic N) is 4. The van der Waals surface area contributed by atoms with E-state index in [2.05, 4.69) is 10.0 Å². The highest BCUT2D eigenvalue weighted by molar-refractivity contribution is 6.30. The van der Waals surface area contributed by atoms with Crippen LogP contribution in [0.3, 0.4) is 0 Å². The Balaban J connectivity index is 1.40. The number of hydrazone groups is 1. The van der Waals surface area contributed by atoms with Crippen LogP contribution in [0.4, 0.5) is 4.39 Å². The lowest BCUT2D eigenvalue weighted by atomic mass is 9.98. The minimum atomic E-state index is -0.392. The minimum Gasteiger partial charge on any atom is -0.497 e. The average molecular weight is 579 g/mol. The van der Waals surface area contributed by atoms with Gasteiger partial charge in [0.1, 0.15) is 18.1 Å². The lowest BCUT2D eigenvalue weighted by Gasteiger charge is -2.31. The second kappa shape index (κ2) is 13.2. The molecule has 5 rings (SSSR count). The third-order valence-corrected chi connectivity index (χ3v) is 7.59. The minimum absolute atomic E-state index is 0.153. The Morgan fingerprint density at radius 3 is 2.37 bits per heavy atom. The maximum absolute atomic E-state index is 13.9. The van der Waals surface area contributed by atoms with Crippen molar-refractivity contribution in [2.75, 3.05) is 53.0 Å². The molecule has 10 heteroatoms. The molecule has 1 unspecified atom stereocenters. The molecule has 0 aromatic heterocycles. The normalized spacial score (nSPS) is 17.3. The topological polar surface area (TPSA) is 74.7 Å². The van der Waals surface area contributed by atoms with E-state index in [1.54, 1.807) is 60.5 Å². The highest BCUT2D eigenvalue weighted by atomic mass is 35.5. The number of halogens is 2. The van der Waals surface area contributed by atoms with Gasteiger partial charge >= 0.3 is 0 Å². The van der Waals surface area contributed by atoms with E-state index in [-0.39, 0.29) is 24.2 Å². The molecule has 2 heterocycles. The van der Waals surface area contributed by atoms with E-state index in [0.717, 1.165) is 24.2 Å². The Morgan fingerprint density at radius 2 is 1.71 bits per heavy atom. The zero-order valence-corrected chi connectivity index (χ0v) is 23.6. The number of rotatable bonds is 9. The predicted molar refractivity (Wildman–Crippen MR) is 155 cm³/mol. The number of amides is 2. The molecule has 0 bridgehead atoms. The molecule has 2 aliphatic rings. The fourth-order valence-electron chi connectivity index (χ4n) is 4.99. The molecule has 3 aromatic rings. The van der Waals surface area contributed by atoms with Crippen molar-refractivity contribution in [1.82, 2.24) is 14.8 Å². The molecule has 2 amide bonds. The summed E-state index contributed by atoms with van der Waals surface area (Å²) in [5.74, 6) is -0.268. The fourth-order valence-corrected chi connectivity index (χ4v) is 5.12. The fraction of sp³-hybridized carbons (Fsp3) is 0.323. The third kappa shape index (κ3) is 7.11. The van der Waals surface area contributed by atoms with Crippen LogP contribution in [0.2, 0.25) is 5.02 Å². The first kappa shape index (κ1) is 28.7. The lowest BCUT2D eigenvalue weighted by molar-refractivity contribution is -0.133. The molecule has 1 fully saturated rings. The molecule has 1 atom stereocenters. The van der Waals surface area contributed by atoms with Crippen molar-refractivity contribution in [2.45, 2.75) is 12.5 Å². The number of hydrogen-bond acceptors (Lipinski definition) is 6. The van der Waals surface area contributed by atoms with Gasteiger partial charge in [0.2, 0.25) is 0 Å². The quantitative estimate of drug-likeness (QED) is 0.370. The van der Waals surface area contributed by atoms with Gasteiger partial charge in [-0.15, -0.1) is 0 Å². The Bertz CT molecular complexity index is 1380. The predicted octanol–water partition coefficient (Wildman–Crippen LogP) is 4.64. The van der Waals surface area contributed by atoms with Gasteiger partial charge in [-0.25, -0.2) is 9.40 Å². The summed E-state index contributed by atoms with van der Waals surface area (Å²) in [4.78, 5) is 31.4. The summed E-state index contributed by atoms with van der Waals surface area (Å²) in [6.45, 7) is 3.65. The molecule has 3 aromatic carbocycles. The van der Waals surface area contributed by atoms with Crippen LogP contribution in [0.25, 0.3) is 0 Å². The zero-order chi connectivity index (χ0) is 28.8. The van der Waals surface area contributed by atoms with E-state index in [1.807, 2.05) is 12.1 Å². The zero-order valence-electron chi connectivity index (χ0n) is 22.8. The van der Waals surface area contributed by atoms with Crippen LogP contribution in [0.15, 0.2) is 77.9 Å². The first-order valence-electron chi connectivity index (χ1n) is 13.6. The van der Waals surface area contributed by atoms with E-state index in [9.17, 15) is 14.0 Å². The number of ether oxygens (including phenoxy) is 2. The lowest BCUT2D eigenvalue weighted by Crippen LogP contribution is -2.46. The van der Waals surface area contributed by atoms with E-state index in [1.165, 1.54) is 17.1 Å². The van der Waals surface area contributed by atoms with Crippen molar-refractivity contribution in [3.63, 3.8) is 0 Å². The molecule has 0 radical (unpaired) electrons. The number of benzene rings is 3. The van der Waals surface area contributed by atoms with Gasteiger partial charge < -0.3 is 14.4 Å². The summed E-state index contributed by atoms with van der Waals surface area (Å²) in [7, 11) is 1.57. The molecule has 41 heavy (non-hydrogen) atoms. The van der Waals surface area contributed by atoms with Crippen LogP contribution in [0.5, 0.6) is 5.75 Å². The van der Waals surface area contributed by atoms with Gasteiger partial charge in [0.05, 0.1) is 32.1 Å². The van der Waals surface area contributed by atoms with E-state index in [4.69, 9.17) is 21.1 Å². The maximum atomic E-state index is 13.9. The number of carbonyl (C=O) groups excluding carboxylic acids is 2. The van der Waals surface area contributed by atoms with Crippen LogP contribution in [-0.4, -0.2) is 85.4 Å². The molecule has 0 spiro atoms. The second-order valence-electron chi connectivity index (χ2n) is 9.97. The number of methoxy groups -OCH3 is 1. The van der Waals surface area contributed by atoms with Gasteiger partial charge in [0.15, 0.2) is 0 Å². The first-order chi connectivity index (χ1) is 19.9. The summed E-state index contributed by atoms with van der Waals surface area (Å²) in [6.07, 6.45) is 0.444. The highest BCUT2D eigenvalue weighted by Gasteiger charge is 2.34. The van der Waals surface area contributed by atoms with E-state index >= 15 is 0 Å². The Hall–Kier alpha value is -3.79. The summed E-state index contributed by atoms with van der Waals surface area (Å²) in [5, 5.41) is 6.73. The van der Waals surface area contributed by atoms with Crippen molar-refractivity contribution in [2.24, 2.45) is 5.10 Å². The molecule has 0 aliphatic carbocycles. The molecule has 1 saturated heterocycles. The maximum Gasteiger partial charge on any atom is 0.262 e. The third-order valence-electron chi connectivity index (χ3n) is 7.34. The van der Waals surface area contributed by atoms with E-state index < -0.39 is 6.04 Å². The van der Waals surface area contributed by atoms with Crippen LogP contribution >= 0.6 is 11.6 Å². The molecule has 214 valence electrons. The van der Waals surface area contributed by atoms with Crippen molar-refractivity contribution in [3.8, 4) is 5.75 Å². The Morgan fingerprint density at radius 1 is 1.02 bits per heavy atom. The Labute approximate surface area is 243 Å². The van der Waals surface area contributed by atoms with Crippen molar-refractivity contribution in [1.29, 1.82) is 0 Å². The van der Waals surface area contributed by atoms with Gasteiger partial charge in [0.25, 0.3) is 11.8 Å². The SMILES string of the molecule is COc1ccc(C(=O)N(CCN2CCOCC2)CC(=O)N2N=C(c3ccc(F)cc3)CC2c2ccc(Cl)cc2)cc1. The molecular weight excluding hydrogens is 547 g/mol. The first-order valence-corrected chi connectivity index (χ1v) is 13.9. The number of morpholine rings is 1. The van der Waals surface area contributed by atoms with Crippen molar-refractivity contribution >= 4 is 29.1 Å². The van der Waals surface area contributed by atoms with Crippen LogP contribution in [0.1, 0.15) is 33.9 Å². The summed E-state index contributed by atoms with van der Waals surface area (Å²) < 4.78 is 24.3. The van der Waals surface area contributed by atoms with Gasteiger partial charge in [0, 0.05) is 43.2 Å².